The minimum absolute atomic E-state index is 0.0276. The van der Waals surface area contributed by atoms with E-state index in [-0.39, 0.29) is 24.3 Å². The fourth-order valence-electron chi connectivity index (χ4n) is 2.34. The fraction of sp³-hybridized carbons (Fsp3) is 0.667. The van der Waals surface area contributed by atoms with Crippen LogP contribution in [0.3, 0.4) is 0 Å². The summed E-state index contributed by atoms with van der Waals surface area (Å²) in [5.41, 5.74) is -0.432. The SMILES string of the molecule is Cc1cn([C@H]2O[C@@H](CO)C[C@H]2N(C)C)c(=O)[nH]c1=O. The molecule has 106 valence electrons. The Bertz CT molecular complexity index is 563. The summed E-state index contributed by atoms with van der Waals surface area (Å²) < 4.78 is 7.08. The maximum absolute atomic E-state index is 11.9. The van der Waals surface area contributed by atoms with Gasteiger partial charge in [-0.1, -0.05) is 0 Å². The molecule has 0 unspecified atom stereocenters. The van der Waals surface area contributed by atoms with Crippen molar-refractivity contribution in [3.63, 3.8) is 0 Å². The first-order valence-electron chi connectivity index (χ1n) is 6.19. The van der Waals surface area contributed by atoms with Crippen molar-refractivity contribution in [2.45, 2.75) is 31.7 Å². The number of aliphatic hydroxyl groups excluding tert-OH is 1. The number of aromatic nitrogens is 2. The molecule has 0 saturated carbocycles. The smallest absolute Gasteiger partial charge is 0.330 e. The van der Waals surface area contributed by atoms with E-state index in [9.17, 15) is 14.7 Å². The molecular formula is C12H19N3O4. The predicted octanol–water partition coefficient (Wildman–Crippen LogP) is -0.945. The first kappa shape index (κ1) is 14.0. The molecule has 0 spiro atoms. The maximum atomic E-state index is 11.9. The molecular weight excluding hydrogens is 250 g/mol. The minimum Gasteiger partial charge on any atom is -0.394 e. The van der Waals surface area contributed by atoms with Crippen LogP contribution in [0, 0.1) is 6.92 Å². The highest BCUT2D eigenvalue weighted by atomic mass is 16.5. The number of ether oxygens (including phenoxy) is 1. The van der Waals surface area contributed by atoms with E-state index in [1.807, 2.05) is 19.0 Å². The summed E-state index contributed by atoms with van der Waals surface area (Å²) in [5, 5.41) is 9.21. The van der Waals surface area contributed by atoms with Gasteiger partial charge in [-0.15, -0.1) is 0 Å². The third kappa shape index (κ3) is 2.63. The first-order valence-corrected chi connectivity index (χ1v) is 6.19. The van der Waals surface area contributed by atoms with Gasteiger partial charge in [-0.05, 0) is 27.4 Å². The van der Waals surface area contributed by atoms with E-state index < -0.39 is 11.9 Å². The zero-order chi connectivity index (χ0) is 14.2. The number of nitrogens with zero attached hydrogens (tertiary/aromatic N) is 2. The Morgan fingerprint density at radius 1 is 1.53 bits per heavy atom. The van der Waals surface area contributed by atoms with Crippen molar-refractivity contribution in [1.82, 2.24) is 14.5 Å². The number of aryl methyl sites for hydroxylation is 1. The van der Waals surface area contributed by atoms with Gasteiger partial charge in [0.1, 0.15) is 0 Å². The Balaban J connectivity index is 2.42. The molecule has 1 aliphatic rings. The molecule has 7 nitrogen and oxygen atoms in total. The van der Waals surface area contributed by atoms with Gasteiger partial charge in [0.05, 0.1) is 18.8 Å². The monoisotopic (exact) mass is 269 g/mol. The van der Waals surface area contributed by atoms with Crippen LogP contribution in [-0.2, 0) is 4.74 Å². The number of hydrogen-bond donors (Lipinski definition) is 2. The molecule has 19 heavy (non-hydrogen) atoms. The van der Waals surface area contributed by atoms with Crippen molar-refractivity contribution in [1.29, 1.82) is 0 Å². The van der Waals surface area contributed by atoms with E-state index >= 15 is 0 Å². The molecule has 1 aromatic heterocycles. The lowest BCUT2D eigenvalue weighted by Gasteiger charge is -2.25. The molecule has 2 heterocycles. The fourth-order valence-corrected chi connectivity index (χ4v) is 2.34. The molecule has 0 amide bonds. The van der Waals surface area contributed by atoms with Gasteiger partial charge in [0, 0.05) is 11.8 Å². The third-order valence-corrected chi connectivity index (χ3v) is 3.45. The molecule has 0 aromatic carbocycles. The zero-order valence-corrected chi connectivity index (χ0v) is 11.3. The minimum atomic E-state index is -0.504. The maximum Gasteiger partial charge on any atom is 0.330 e. The number of aromatic amines is 1. The molecule has 0 radical (unpaired) electrons. The quantitative estimate of drug-likeness (QED) is 0.739. The largest absolute Gasteiger partial charge is 0.394 e. The molecule has 2 N–H and O–H groups in total. The molecule has 0 aliphatic carbocycles. The van der Waals surface area contributed by atoms with Crippen molar-refractivity contribution in [2.24, 2.45) is 0 Å². The van der Waals surface area contributed by atoms with E-state index in [0.29, 0.717) is 12.0 Å². The van der Waals surface area contributed by atoms with Crippen molar-refractivity contribution >= 4 is 0 Å². The number of H-pyrrole nitrogens is 1. The summed E-state index contributed by atoms with van der Waals surface area (Å²) in [4.78, 5) is 27.5. The van der Waals surface area contributed by atoms with Crippen LogP contribution in [0.15, 0.2) is 15.8 Å². The summed E-state index contributed by atoms with van der Waals surface area (Å²) in [6.45, 7) is 1.55. The van der Waals surface area contributed by atoms with Gasteiger partial charge in [-0.3, -0.25) is 14.3 Å². The molecule has 3 atom stereocenters. The van der Waals surface area contributed by atoms with Gasteiger partial charge in [0.25, 0.3) is 5.56 Å². The topological polar surface area (TPSA) is 87.6 Å². The molecule has 0 bridgehead atoms. The Morgan fingerprint density at radius 2 is 2.21 bits per heavy atom. The normalized spacial score (nSPS) is 27.1. The molecule has 1 saturated heterocycles. The zero-order valence-electron chi connectivity index (χ0n) is 11.3. The number of aliphatic hydroxyl groups is 1. The van der Waals surface area contributed by atoms with Crippen molar-refractivity contribution in [3.8, 4) is 0 Å². The standard InChI is InChI=1S/C12H19N3O4/c1-7-5-15(12(18)13-10(7)17)11-9(14(2)3)4-8(6-16)19-11/h5,8-9,11,16H,4,6H2,1-3H3,(H,13,17,18)/t8-,9-,11+/m1/s1. The highest BCUT2D eigenvalue weighted by Crippen LogP contribution is 2.30. The van der Waals surface area contributed by atoms with E-state index in [4.69, 9.17) is 4.74 Å². The van der Waals surface area contributed by atoms with Crippen LogP contribution in [0.5, 0.6) is 0 Å². The van der Waals surface area contributed by atoms with Crippen LogP contribution >= 0.6 is 0 Å². The summed E-state index contributed by atoms with van der Waals surface area (Å²) in [5.74, 6) is 0. The summed E-state index contributed by atoms with van der Waals surface area (Å²) >= 11 is 0. The first-order chi connectivity index (χ1) is 8.93. The lowest BCUT2D eigenvalue weighted by atomic mass is 10.1. The van der Waals surface area contributed by atoms with E-state index in [1.54, 1.807) is 6.92 Å². The number of hydrogen-bond acceptors (Lipinski definition) is 5. The lowest BCUT2D eigenvalue weighted by Crippen LogP contribution is -2.40. The molecule has 7 heteroatoms. The summed E-state index contributed by atoms with van der Waals surface area (Å²) in [6, 6.07) is -0.0276. The van der Waals surface area contributed by atoms with Crippen LogP contribution < -0.4 is 11.2 Å². The van der Waals surface area contributed by atoms with Gasteiger partial charge in [0.2, 0.25) is 0 Å². The van der Waals surface area contributed by atoms with Crippen molar-refractivity contribution in [2.75, 3.05) is 20.7 Å². The Hall–Kier alpha value is -1.44. The van der Waals surface area contributed by atoms with Gasteiger partial charge in [-0.25, -0.2) is 4.79 Å². The predicted molar refractivity (Wildman–Crippen MR) is 69.1 cm³/mol. The lowest BCUT2D eigenvalue weighted by molar-refractivity contribution is -0.0390. The van der Waals surface area contributed by atoms with Crippen LogP contribution in [0.1, 0.15) is 18.2 Å². The van der Waals surface area contributed by atoms with Crippen LogP contribution in [0.4, 0.5) is 0 Å². The van der Waals surface area contributed by atoms with E-state index in [2.05, 4.69) is 4.98 Å². The van der Waals surface area contributed by atoms with E-state index in [1.165, 1.54) is 10.8 Å². The van der Waals surface area contributed by atoms with Crippen molar-refractivity contribution < 1.29 is 9.84 Å². The average Bonchev–Trinajstić information content (AvgIpc) is 2.78. The van der Waals surface area contributed by atoms with Gasteiger partial charge < -0.3 is 14.7 Å². The highest BCUT2D eigenvalue weighted by molar-refractivity contribution is 5.02. The Labute approximate surface area is 110 Å². The third-order valence-electron chi connectivity index (χ3n) is 3.45. The van der Waals surface area contributed by atoms with Gasteiger partial charge in [0.15, 0.2) is 6.23 Å². The summed E-state index contributed by atoms with van der Waals surface area (Å²) in [7, 11) is 3.79. The second-order valence-electron chi connectivity index (χ2n) is 5.08. The van der Waals surface area contributed by atoms with Crippen LogP contribution in [0.2, 0.25) is 0 Å². The molecule has 1 aromatic rings. The summed E-state index contributed by atoms with van der Waals surface area (Å²) in [6.07, 6.45) is 1.34. The number of likely N-dealkylation sites (N-methyl/N-ethyl adjacent to an activating group) is 1. The molecule has 2 rings (SSSR count). The van der Waals surface area contributed by atoms with Crippen molar-refractivity contribution in [3.05, 3.63) is 32.6 Å². The highest BCUT2D eigenvalue weighted by Gasteiger charge is 2.38. The van der Waals surface area contributed by atoms with Crippen LogP contribution in [0.25, 0.3) is 0 Å². The second kappa shape index (κ2) is 5.28. The number of nitrogens with one attached hydrogen (secondary N) is 1. The second-order valence-corrected chi connectivity index (χ2v) is 5.08. The average molecular weight is 269 g/mol. The number of rotatable bonds is 3. The Morgan fingerprint density at radius 3 is 2.79 bits per heavy atom. The van der Waals surface area contributed by atoms with Gasteiger partial charge >= 0.3 is 5.69 Å². The molecule has 1 fully saturated rings. The Kier molecular flexibility index (Phi) is 3.88. The van der Waals surface area contributed by atoms with Crippen LogP contribution in [-0.4, -0.2) is 52.4 Å². The van der Waals surface area contributed by atoms with Gasteiger partial charge in [-0.2, -0.15) is 0 Å². The van der Waals surface area contributed by atoms with E-state index in [0.717, 1.165) is 0 Å². The molecule has 1 aliphatic heterocycles.